The molecule has 0 aliphatic carbocycles. The van der Waals surface area contributed by atoms with Gasteiger partial charge in [0.05, 0.1) is 24.2 Å². The minimum absolute atomic E-state index is 0.155. The van der Waals surface area contributed by atoms with Crippen LogP contribution in [0.4, 0.5) is 5.69 Å². The van der Waals surface area contributed by atoms with E-state index in [1.54, 1.807) is 25.3 Å². The highest BCUT2D eigenvalue weighted by Gasteiger charge is 2.11. The summed E-state index contributed by atoms with van der Waals surface area (Å²) < 4.78 is 5.23. The Labute approximate surface area is 143 Å². The van der Waals surface area contributed by atoms with E-state index in [9.17, 15) is 4.79 Å². The van der Waals surface area contributed by atoms with Gasteiger partial charge in [0.15, 0.2) is 0 Å². The summed E-state index contributed by atoms with van der Waals surface area (Å²) in [4.78, 5) is 15.4. The van der Waals surface area contributed by atoms with Crippen LogP contribution in [0, 0.1) is 0 Å². The number of aromatic nitrogens is 1. The van der Waals surface area contributed by atoms with E-state index >= 15 is 0 Å². The lowest BCUT2D eigenvalue weighted by Gasteiger charge is -2.07. The maximum absolute atomic E-state index is 12.3. The monoisotopic (exact) mass is 348 g/mol. The van der Waals surface area contributed by atoms with Crippen LogP contribution in [0.5, 0.6) is 5.75 Å². The number of hydrogen-bond acceptors (Lipinski definition) is 2. The lowest BCUT2D eigenvalue weighted by atomic mass is 10.1. The fourth-order valence-electron chi connectivity index (χ4n) is 2.39. The van der Waals surface area contributed by atoms with Gasteiger partial charge < -0.3 is 15.0 Å². The van der Waals surface area contributed by atoms with Gasteiger partial charge in [-0.15, -0.1) is 0 Å². The van der Waals surface area contributed by atoms with E-state index in [2.05, 4.69) is 10.3 Å². The number of aromatic amines is 1. The third-order valence-corrected chi connectivity index (χ3v) is 4.08. The molecule has 0 spiro atoms. The summed E-state index contributed by atoms with van der Waals surface area (Å²) in [6, 6.07) is 10.7. The number of H-pyrrole nitrogens is 1. The molecule has 1 amide bonds. The molecule has 118 valence electrons. The Morgan fingerprint density at radius 2 is 2.04 bits per heavy atom. The first-order chi connectivity index (χ1) is 11.1. The van der Waals surface area contributed by atoms with Gasteiger partial charge in [-0.3, -0.25) is 4.79 Å². The SMILES string of the molecule is COc1ccc2[nH]cc(CC(=O)Nc3ccc(Cl)cc3Cl)c2c1. The minimum atomic E-state index is -0.155. The van der Waals surface area contributed by atoms with E-state index < -0.39 is 0 Å². The molecule has 0 atom stereocenters. The first-order valence-corrected chi connectivity index (χ1v) is 7.71. The van der Waals surface area contributed by atoms with Crippen LogP contribution in [0.1, 0.15) is 5.56 Å². The first-order valence-electron chi connectivity index (χ1n) is 6.95. The molecule has 1 aromatic heterocycles. The van der Waals surface area contributed by atoms with E-state index in [1.807, 2.05) is 24.4 Å². The molecule has 6 heteroatoms. The molecule has 0 fully saturated rings. The molecular formula is C17H14Cl2N2O2. The van der Waals surface area contributed by atoms with Crippen LogP contribution in [0.2, 0.25) is 10.0 Å². The Kier molecular flexibility index (Phi) is 4.46. The molecule has 3 rings (SSSR count). The zero-order valence-corrected chi connectivity index (χ0v) is 13.8. The Morgan fingerprint density at radius 1 is 1.22 bits per heavy atom. The molecule has 2 N–H and O–H groups in total. The number of carbonyl (C=O) groups is 1. The van der Waals surface area contributed by atoms with Crippen LogP contribution in [-0.2, 0) is 11.2 Å². The van der Waals surface area contributed by atoms with Gasteiger partial charge in [0, 0.05) is 22.1 Å². The van der Waals surface area contributed by atoms with Crippen molar-refractivity contribution in [2.24, 2.45) is 0 Å². The van der Waals surface area contributed by atoms with E-state index in [4.69, 9.17) is 27.9 Å². The normalized spacial score (nSPS) is 10.7. The Balaban J connectivity index is 1.80. The number of hydrogen-bond donors (Lipinski definition) is 2. The van der Waals surface area contributed by atoms with Crippen LogP contribution in [-0.4, -0.2) is 18.0 Å². The summed E-state index contributed by atoms with van der Waals surface area (Å²) in [5, 5.41) is 4.69. The lowest BCUT2D eigenvalue weighted by molar-refractivity contribution is -0.115. The topological polar surface area (TPSA) is 54.1 Å². The second-order valence-corrected chi connectivity index (χ2v) is 5.92. The van der Waals surface area contributed by atoms with Crippen molar-refractivity contribution in [3.63, 3.8) is 0 Å². The van der Waals surface area contributed by atoms with Crippen molar-refractivity contribution < 1.29 is 9.53 Å². The van der Waals surface area contributed by atoms with Crippen molar-refractivity contribution >= 4 is 45.7 Å². The fourth-order valence-corrected chi connectivity index (χ4v) is 2.84. The number of nitrogens with one attached hydrogen (secondary N) is 2. The molecule has 0 saturated heterocycles. The molecule has 0 unspecified atom stereocenters. The molecule has 0 aliphatic heterocycles. The highest BCUT2D eigenvalue weighted by molar-refractivity contribution is 6.36. The van der Waals surface area contributed by atoms with Crippen LogP contribution in [0.25, 0.3) is 10.9 Å². The van der Waals surface area contributed by atoms with Gasteiger partial charge in [0.2, 0.25) is 5.91 Å². The summed E-state index contributed by atoms with van der Waals surface area (Å²) in [7, 11) is 1.61. The number of fused-ring (bicyclic) bond motifs is 1. The Hall–Kier alpha value is -2.17. The third-order valence-electron chi connectivity index (χ3n) is 3.53. The molecule has 3 aromatic rings. The zero-order chi connectivity index (χ0) is 16.4. The highest BCUT2D eigenvalue weighted by atomic mass is 35.5. The van der Waals surface area contributed by atoms with E-state index in [0.29, 0.717) is 15.7 Å². The van der Waals surface area contributed by atoms with Gasteiger partial charge in [-0.2, -0.15) is 0 Å². The average molecular weight is 349 g/mol. The molecule has 0 aliphatic rings. The molecule has 2 aromatic carbocycles. The first kappa shape index (κ1) is 15.7. The van der Waals surface area contributed by atoms with Crippen molar-refractivity contribution in [3.8, 4) is 5.75 Å². The minimum Gasteiger partial charge on any atom is -0.497 e. The summed E-state index contributed by atoms with van der Waals surface area (Å²) in [5.74, 6) is 0.595. The van der Waals surface area contributed by atoms with Crippen molar-refractivity contribution in [2.75, 3.05) is 12.4 Å². The predicted octanol–water partition coefficient (Wildman–Crippen LogP) is 4.66. The zero-order valence-electron chi connectivity index (χ0n) is 12.3. The number of carbonyl (C=O) groups excluding carboxylic acids is 1. The van der Waals surface area contributed by atoms with Crippen molar-refractivity contribution in [1.82, 2.24) is 4.98 Å². The summed E-state index contributed by atoms with van der Waals surface area (Å²) >= 11 is 11.9. The fraction of sp³-hybridized carbons (Fsp3) is 0.118. The number of benzene rings is 2. The number of amides is 1. The van der Waals surface area contributed by atoms with E-state index in [-0.39, 0.29) is 12.3 Å². The standard InChI is InChI=1S/C17H14Cl2N2O2/c1-23-12-3-5-15-13(8-12)10(9-20-15)6-17(22)21-16-4-2-11(18)7-14(16)19/h2-5,7-9,20H,6H2,1H3,(H,21,22). The number of anilines is 1. The molecule has 0 radical (unpaired) electrons. The van der Waals surface area contributed by atoms with Crippen molar-refractivity contribution in [3.05, 3.63) is 58.2 Å². The quantitative estimate of drug-likeness (QED) is 0.720. The summed E-state index contributed by atoms with van der Waals surface area (Å²) in [5.41, 5.74) is 2.39. The summed E-state index contributed by atoms with van der Waals surface area (Å²) in [6.45, 7) is 0. The maximum Gasteiger partial charge on any atom is 0.228 e. The van der Waals surface area contributed by atoms with Gasteiger partial charge >= 0.3 is 0 Å². The van der Waals surface area contributed by atoms with Gasteiger partial charge in [0.25, 0.3) is 0 Å². The number of halogens is 2. The summed E-state index contributed by atoms with van der Waals surface area (Å²) in [6.07, 6.45) is 2.05. The lowest BCUT2D eigenvalue weighted by Crippen LogP contribution is -2.14. The average Bonchev–Trinajstić information content (AvgIpc) is 2.92. The molecule has 1 heterocycles. The largest absolute Gasteiger partial charge is 0.497 e. The number of rotatable bonds is 4. The molecule has 4 nitrogen and oxygen atoms in total. The second kappa shape index (κ2) is 6.52. The van der Waals surface area contributed by atoms with E-state index in [0.717, 1.165) is 22.2 Å². The molecule has 23 heavy (non-hydrogen) atoms. The van der Waals surface area contributed by atoms with Crippen LogP contribution < -0.4 is 10.1 Å². The van der Waals surface area contributed by atoms with Crippen LogP contribution in [0.3, 0.4) is 0 Å². The van der Waals surface area contributed by atoms with E-state index in [1.165, 1.54) is 0 Å². The van der Waals surface area contributed by atoms with Gasteiger partial charge in [-0.1, -0.05) is 23.2 Å². The van der Waals surface area contributed by atoms with Crippen molar-refractivity contribution in [1.29, 1.82) is 0 Å². The molecule has 0 bridgehead atoms. The van der Waals surface area contributed by atoms with Gasteiger partial charge in [-0.05, 0) is 42.0 Å². The van der Waals surface area contributed by atoms with Gasteiger partial charge in [-0.25, -0.2) is 0 Å². The van der Waals surface area contributed by atoms with Gasteiger partial charge in [0.1, 0.15) is 5.75 Å². The van der Waals surface area contributed by atoms with Crippen LogP contribution >= 0.6 is 23.2 Å². The van der Waals surface area contributed by atoms with Crippen LogP contribution in [0.15, 0.2) is 42.6 Å². The Morgan fingerprint density at radius 3 is 2.78 bits per heavy atom. The second-order valence-electron chi connectivity index (χ2n) is 5.07. The predicted molar refractivity (Wildman–Crippen MR) is 93.6 cm³/mol. The number of ether oxygens (including phenoxy) is 1. The van der Waals surface area contributed by atoms with Crippen molar-refractivity contribution in [2.45, 2.75) is 6.42 Å². The highest BCUT2D eigenvalue weighted by Crippen LogP contribution is 2.27. The number of methoxy groups -OCH3 is 1. The molecular weight excluding hydrogens is 335 g/mol. The Bertz CT molecular complexity index is 874. The maximum atomic E-state index is 12.3. The third kappa shape index (κ3) is 3.44. The smallest absolute Gasteiger partial charge is 0.228 e. The molecule has 0 saturated carbocycles.